The minimum Gasteiger partial charge on any atom is -0.495 e. The van der Waals surface area contributed by atoms with Crippen molar-refractivity contribution in [3.05, 3.63) is 24.3 Å². The molecule has 1 aromatic carbocycles. The number of hydrogen-bond acceptors (Lipinski definition) is 4. The fourth-order valence-corrected chi connectivity index (χ4v) is 4.85. The Hall–Kier alpha value is -1.11. The number of piperidine rings is 1. The molecule has 0 bridgehead atoms. The topological polar surface area (TPSA) is 58.6 Å². The molecule has 2 heterocycles. The molecule has 2 saturated heterocycles. The molecule has 2 aliphatic rings. The third-order valence-electron chi connectivity index (χ3n) is 4.25. The smallest absolute Gasteiger partial charge is 0.246 e. The zero-order chi connectivity index (χ0) is 14.2. The lowest BCUT2D eigenvalue weighted by Crippen LogP contribution is -2.41. The van der Waals surface area contributed by atoms with E-state index in [1.807, 2.05) is 0 Å². The number of rotatable bonds is 3. The second-order valence-corrected chi connectivity index (χ2v) is 7.34. The van der Waals surface area contributed by atoms with Crippen LogP contribution in [-0.4, -0.2) is 45.5 Å². The lowest BCUT2D eigenvalue weighted by atomic mass is 9.94. The quantitative estimate of drug-likeness (QED) is 0.906. The maximum Gasteiger partial charge on any atom is 0.246 e. The number of para-hydroxylation sites is 1. The number of ether oxygens (including phenoxy) is 1. The van der Waals surface area contributed by atoms with E-state index in [1.165, 1.54) is 7.11 Å². The monoisotopic (exact) mass is 296 g/mol. The fraction of sp³-hybridized carbons (Fsp3) is 0.571. The number of sulfonamides is 1. The number of benzene rings is 1. The molecule has 0 aromatic heterocycles. The third-order valence-corrected chi connectivity index (χ3v) is 6.12. The summed E-state index contributed by atoms with van der Waals surface area (Å²) in [7, 11) is -1.97. The second kappa shape index (κ2) is 5.35. The van der Waals surface area contributed by atoms with E-state index in [1.54, 1.807) is 28.6 Å². The number of fused-ring (bicyclic) bond motifs is 1. The van der Waals surface area contributed by atoms with E-state index in [2.05, 4.69) is 5.32 Å². The molecular formula is C14H20N2O3S. The predicted octanol–water partition coefficient (Wildman–Crippen LogP) is 1.07. The third kappa shape index (κ3) is 2.32. The van der Waals surface area contributed by atoms with Crippen molar-refractivity contribution in [1.29, 1.82) is 0 Å². The molecule has 20 heavy (non-hydrogen) atoms. The maximum atomic E-state index is 12.8. The van der Waals surface area contributed by atoms with Crippen LogP contribution in [0.25, 0.3) is 0 Å². The molecule has 2 fully saturated rings. The predicted molar refractivity (Wildman–Crippen MR) is 76.3 cm³/mol. The van der Waals surface area contributed by atoms with Gasteiger partial charge in [0.1, 0.15) is 10.6 Å². The van der Waals surface area contributed by atoms with Crippen LogP contribution in [0, 0.1) is 5.92 Å². The Balaban J connectivity index is 1.89. The van der Waals surface area contributed by atoms with Crippen molar-refractivity contribution in [2.45, 2.75) is 23.8 Å². The molecule has 1 aromatic rings. The minimum absolute atomic E-state index is 0.265. The standard InChI is InChI=1S/C14H20N2O3S/c1-19-13-6-2-3-7-14(13)20(17,18)16-9-11-5-4-8-15-12(11)10-16/h2-3,6-7,11-12,15H,4-5,8-10H2,1H3/t11-,12+/m0/s1. The highest BCUT2D eigenvalue weighted by atomic mass is 32.2. The summed E-state index contributed by atoms with van der Waals surface area (Å²) in [5.74, 6) is 0.851. The van der Waals surface area contributed by atoms with Gasteiger partial charge in [0.05, 0.1) is 7.11 Å². The average Bonchev–Trinajstić information content (AvgIpc) is 2.92. The zero-order valence-electron chi connectivity index (χ0n) is 11.6. The van der Waals surface area contributed by atoms with Crippen LogP contribution in [-0.2, 0) is 10.0 Å². The normalized spacial score (nSPS) is 27.2. The van der Waals surface area contributed by atoms with E-state index in [-0.39, 0.29) is 4.90 Å². The van der Waals surface area contributed by atoms with Gasteiger partial charge < -0.3 is 10.1 Å². The first-order chi connectivity index (χ1) is 9.63. The summed E-state index contributed by atoms with van der Waals surface area (Å²) in [6.45, 7) is 2.16. The van der Waals surface area contributed by atoms with Crippen molar-refractivity contribution in [2.75, 3.05) is 26.7 Å². The Bertz CT molecular complexity index is 574. The van der Waals surface area contributed by atoms with E-state index in [9.17, 15) is 8.42 Å². The van der Waals surface area contributed by atoms with Crippen LogP contribution >= 0.6 is 0 Å². The molecule has 2 atom stereocenters. The first kappa shape index (κ1) is 13.9. The molecule has 0 radical (unpaired) electrons. The summed E-state index contributed by atoms with van der Waals surface area (Å²) >= 11 is 0. The molecule has 3 rings (SSSR count). The lowest BCUT2D eigenvalue weighted by molar-refractivity contribution is 0.339. The summed E-state index contributed by atoms with van der Waals surface area (Å²) in [6.07, 6.45) is 2.24. The summed E-state index contributed by atoms with van der Waals surface area (Å²) in [6, 6.07) is 7.12. The van der Waals surface area contributed by atoms with Crippen molar-refractivity contribution in [2.24, 2.45) is 5.92 Å². The fourth-order valence-electron chi connectivity index (χ4n) is 3.17. The van der Waals surface area contributed by atoms with Crippen molar-refractivity contribution in [1.82, 2.24) is 9.62 Å². The SMILES string of the molecule is COc1ccccc1S(=O)(=O)N1C[C@@H]2CCCN[C@@H]2C1. The number of methoxy groups -OCH3 is 1. The van der Waals surface area contributed by atoms with Gasteiger partial charge in [-0.2, -0.15) is 4.31 Å². The van der Waals surface area contributed by atoms with Gasteiger partial charge in [0.15, 0.2) is 0 Å². The average molecular weight is 296 g/mol. The van der Waals surface area contributed by atoms with E-state index in [0.717, 1.165) is 19.4 Å². The molecule has 0 unspecified atom stereocenters. The lowest BCUT2D eigenvalue weighted by Gasteiger charge is -2.24. The Morgan fingerprint density at radius 3 is 2.85 bits per heavy atom. The summed E-state index contributed by atoms with van der Waals surface area (Å²) in [4.78, 5) is 0.265. The number of nitrogens with one attached hydrogen (secondary N) is 1. The van der Waals surface area contributed by atoms with Crippen LogP contribution in [0.4, 0.5) is 0 Å². The zero-order valence-corrected chi connectivity index (χ0v) is 12.4. The van der Waals surface area contributed by atoms with Gasteiger partial charge in [-0.25, -0.2) is 8.42 Å². The van der Waals surface area contributed by atoms with Crippen LogP contribution in [0.5, 0.6) is 5.75 Å². The minimum atomic E-state index is -3.47. The largest absolute Gasteiger partial charge is 0.495 e. The maximum absolute atomic E-state index is 12.8. The van der Waals surface area contributed by atoms with Crippen LogP contribution in [0.15, 0.2) is 29.2 Å². The van der Waals surface area contributed by atoms with Crippen molar-refractivity contribution in [3.8, 4) is 5.75 Å². The Morgan fingerprint density at radius 1 is 1.30 bits per heavy atom. The summed E-state index contributed by atoms with van der Waals surface area (Å²) in [5.41, 5.74) is 0. The van der Waals surface area contributed by atoms with Gasteiger partial charge in [-0.1, -0.05) is 12.1 Å². The van der Waals surface area contributed by atoms with E-state index < -0.39 is 10.0 Å². The van der Waals surface area contributed by atoms with Gasteiger partial charge in [-0.3, -0.25) is 0 Å². The second-order valence-electron chi connectivity index (χ2n) is 5.44. The van der Waals surface area contributed by atoms with Gasteiger partial charge >= 0.3 is 0 Å². The molecule has 0 spiro atoms. The van der Waals surface area contributed by atoms with Crippen LogP contribution in [0.1, 0.15) is 12.8 Å². The molecule has 0 saturated carbocycles. The van der Waals surface area contributed by atoms with Gasteiger partial charge in [0.25, 0.3) is 0 Å². The highest BCUT2D eigenvalue weighted by Crippen LogP contribution is 2.32. The molecule has 1 N–H and O–H groups in total. The Kier molecular flexibility index (Phi) is 3.70. The van der Waals surface area contributed by atoms with Crippen molar-refractivity contribution in [3.63, 3.8) is 0 Å². The molecule has 2 aliphatic heterocycles. The first-order valence-corrected chi connectivity index (χ1v) is 8.43. The van der Waals surface area contributed by atoms with E-state index in [0.29, 0.717) is 30.8 Å². The van der Waals surface area contributed by atoms with Crippen molar-refractivity contribution < 1.29 is 13.2 Å². The summed E-state index contributed by atoms with van der Waals surface area (Å²) < 4.78 is 32.3. The Morgan fingerprint density at radius 2 is 2.10 bits per heavy atom. The van der Waals surface area contributed by atoms with Crippen LogP contribution in [0.3, 0.4) is 0 Å². The van der Waals surface area contributed by atoms with Crippen LogP contribution < -0.4 is 10.1 Å². The van der Waals surface area contributed by atoms with Crippen LogP contribution in [0.2, 0.25) is 0 Å². The Labute approximate surface area is 120 Å². The highest BCUT2D eigenvalue weighted by molar-refractivity contribution is 7.89. The molecule has 110 valence electrons. The van der Waals surface area contributed by atoms with Gasteiger partial charge in [0, 0.05) is 19.1 Å². The number of nitrogens with zero attached hydrogens (tertiary/aromatic N) is 1. The van der Waals surface area contributed by atoms with Gasteiger partial charge in [-0.05, 0) is 37.4 Å². The van der Waals surface area contributed by atoms with Crippen molar-refractivity contribution >= 4 is 10.0 Å². The van der Waals surface area contributed by atoms with Gasteiger partial charge in [-0.15, -0.1) is 0 Å². The molecule has 6 heteroatoms. The number of hydrogen-bond donors (Lipinski definition) is 1. The molecule has 5 nitrogen and oxygen atoms in total. The van der Waals surface area contributed by atoms with E-state index in [4.69, 9.17) is 4.74 Å². The first-order valence-electron chi connectivity index (χ1n) is 6.99. The van der Waals surface area contributed by atoms with E-state index >= 15 is 0 Å². The molecule has 0 aliphatic carbocycles. The highest BCUT2D eigenvalue weighted by Gasteiger charge is 2.40. The molecule has 0 amide bonds. The van der Waals surface area contributed by atoms with Gasteiger partial charge in [0.2, 0.25) is 10.0 Å². The molecular weight excluding hydrogens is 276 g/mol. The summed E-state index contributed by atoms with van der Waals surface area (Å²) in [5, 5.41) is 3.43.